The lowest BCUT2D eigenvalue weighted by atomic mass is 10.0. The Balaban J connectivity index is 2.23. The fraction of sp³-hybridized carbons (Fsp3) is 0.500. The molecule has 0 heterocycles. The number of ether oxygens (including phenoxy) is 1. The Hall–Kier alpha value is -0.860. The summed E-state index contributed by atoms with van der Waals surface area (Å²) in [5.74, 6) is 0. The molecule has 2 nitrogen and oxygen atoms in total. The second-order valence-corrected chi connectivity index (χ2v) is 3.58. The molecule has 0 fully saturated rings. The van der Waals surface area contributed by atoms with Crippen LogP contribution < -0.4 is 5.73 Å². The smallest absolute Gasteiger partial charge is 0.0462 e. The van der Waals surface area contributed by atoms with Gasteiger partial charge in [0.25, 0.3) is 0 Å². The molecule has 2 heteroatoms. The van der Waals surface area contributed by atoms with E-state index >= 15 is 0 Å². The number of benzene rings is 1. The molecule has 0 aliphatic heterocycles. The summed E-state index contributed by atoms with van der Waals surface area (Å²) < 4.78 is 4.99. The molecule has 0 spiro atoms. The van der Waals surface area contributed by atoms with E-state index in [4.69, 9.17) is 10.5 Å². The summed E-state index contributed by atoms with van der Waals surface area (Å²) in [4.78, 5) is 0. The summed E-state index contributed by atoms with van der Waals surface area (Å²) in [5, 5.41) is 0. The largest absolute Gasteiger partial charge is 0.385 e. The summed E-state index contributed by atoms with van der Waals surface area (Å²) in [6.45, 7) is 0.808. The molecule has 1 atom stereocenters. The van der Waals surface area contributed by atoms with Gasteiger partial charge in [0.1, 0.15) is 0 Å². The number of methoxy groups -OCH3 is 1. The van der Waals surface area contributed by atoms with Crippen molar-refractivity contribution < 1.29 is 4.74 Å². The summed E-state index contributed by atoms with van der Waals surface area (Å²) in [6, 6.07) is 10.6. The van der Waals surface area contributed by atoms with Gasteiger partial charge in [0.15, 0.2) is 0 Å². The highest BCUT2D eigenvalue weighted by Crippen LogP contribution is 2.05. The molecule has 14 heavy (non-hydrogen) atoms. The molecule has 1 aromatic carbocycles. The van der Waals surface area contributed by atoms with E-state index in [2.05, 4.69) is 24.3 Å². The number of rotatable bonds is 6. The first-order valence-corrected chi connectivity index (χ1v) is 5.11. The minimum Gasteiger partial charge on any atom is -0.385 e. The molecule has 0 bridgehead atoms. The molecule has 0 amide bonds. The van der Waals surface area contributed by atoms with Crippen LogP contribution in [0.15, 0.2) is 30.3 Å². The van der Waals surface area contributed by atoms with E-state index in [0.29, 0.717) is 0 Å². The maximum atomic E-state index is 5.99. The van der Waals surface area contributed by atoms with Gasteiger partial charge in [-0.3, -0.25) is 0 Å². The van der Waals surface area contributed by atoms with E-state index in [1.165, 1.54) is 5.56 Å². The van der Waals surface area contributed by atoms with E-state index < -0.39 is 0 Å². The first kappa shape index (κ1) is 11.2. The van der Waals surface area contributed by atoms with Crippen molar-refractivity contribution in [2.45, 2.75) is 25.3 Å². The van der Waals surface area contributed by atoms with Gasteiger partial charge in [0.2, 0.25) is 0 Å². The highest BCUT2D eigenvalue weighted by molar-refractivity contribution is 5.15. The first-order valence-electron chi connectivity index (χ1n) is 5.11. The van der Waals surface area contributed by atoms with Gasteiger partial charge in [-0.2, -0.15) is 0 Å². The van der Waals surface area contributed by atoms with Crippen LogP contribution in [0.1, 0.15) is 18.4 Å². The Morgan fingerprint density at radius 1 is 1.29 bits per heavy atom. The van der Waals surface area contributed by atoms with Crippen LogP contribution in [-0.2, 0) is 11.2 Å². The van der Waals surface area contributed by atoms with Crippen molar-refractivity contribution in [2.75, 3.05) is 13.7 Å². The second-order valence-electron chi connectivity index (χ2n) is 3.58. The summed E-state index contributed by atoms with van der Waals surface area (Å²) in [5.41, 5.74) is 7.31. The molecule has 0 saturated heterocycles. The number of hydrogen-bond acceptors (Lipinski definition) is 2. The number of hydrogen-bond donors (Lipinski definition) is 1. The van der Waals surface area contributed by atoms with Gasteiger partial charge in [0, 0.05) is 19.8 Å². The average Bonchev–Trinajstić information content (AvgIpc) is 2.20. The van der Waals surface area contributed by atoms with Crippen LogP contribution in [0.25, 0.3) is 0 Å². The molecule has 1 aromatic rings. The van der Waals surface area contributed by atoms with Gasteiger partial charge < -0.3 is 10.5 Å². The van der Waals surface area contributed by atoms with Crippen molar-refractivity contribution in [3.8, 4) is 0 Å². The Bertz CT molecular complexity index is 235. The topological polar surface area (TPSA) is 35.2 Å². The van der Waals surface area contributed by atoms with Crippen LogP contribution in [0.5, 0.6) is 0 Å². The molecule has 1 rings (SSSR count). The Morgan fingerprint density at radius 3 is 2.64 bits per heavy atom. The highest BCUT2D eigenvalue weighted by Gasteiger charge is 2.02. The molecule has 0 aliphatic carbocycles. The molecule has 2 N–H and O–H groups in total. The minimum absolute atomic E-state index is 0.257. The highest BCUT2D eigenvalue weighted by atomic mass is 16.5. The van der Waals surface area contributed by atoms with E-state index in [1.54, 1.807) is 7.11 Å². The van der Waals surface area contributed by atoms with E-state index in [1.807, 2.05) is 6.07 Å². The summed E-state index contributed by atoms with van der Waals surface area (Å²) >= 11 is 0. The Labute approximate surface area is 86.1 Å². The normalized spacial score (nSPS) is 12.7. The fourth-order valence-corrected chi connectivity index (χ4v) is 1.51. The third-order valence-electron chi connectivity index (χ3n) is 2.26. The van der Waals surface area contributed by atoms with Crippen molar-refractivity contribution in [2.24, 2.45) is 5.73 Å². The Kier molecular flexibility index (Phi) is 5.27. The second kappa shape index (κ2) is 6.57. The van der Waals surface area contributed by atoms with Crippen LogP contribution in [0, 0.1) is 0 Å². The van der Waals surface area contributed by atoms with Crippen LogP contribution in [0.4, 0.5) is 0 Å². The molecular formula is C12H19NO. The molecule has 0 unspecified atom stereocenters. The fourth-order valence-electron chi connectivity index (χ4n) is 1.51. The van der Waals surface area contributed by atoms with E-state index in [0.717, 1.165) is 25.9 Å². The van der Waals surface area contributed by atoms with Gasteiger partial charge in [-0.1, -0.05) is 30.3 Å². The zero-order chi connectivity index (χ0) is 10.2. The predicted octanol–water partition coefficient (Wildman–Crippen LogP) is 1.98. The van der Waals surface area contributed by atoms with Gasteiger partial charge in [-0.25, -0.2) is 0 Å². The van der Waals surface area contributed by atoms with Crippen molar-refractivity contribution in [1.82, 2.24) is 0 Å². The van der Waals surface area contributed by atoms with Gasteiger partial charge >= 0.3 is 0 Å². The van der Waals surface area contributed by atoms with Crippen molar-refractivity contribution in [1.29, 1.82) is 0 Å². The quantitative estimate of drug-likeness (QED) is 0.701. The lowest BCUT2D eigenvalue weighted by molar-refractivity contribution is 0.190. The van der Waals surface area contributed by atoms with Gasteiger partial charge in [0.05, 0.1) is 0 Å². The van der Waals surface area contributed by atoms with Crippen molar-refractivity contribution in [3.05, 3.63) is 35.9 Å². The molecule has 0 saturated carbocycles. The zero-order valence-corrected chi connectivity index (χ0v) is 8.78. The lowest BCUT2D eigenvalue weighted by Gasteiger charge is -2.10. The van der Waals surface area contributed by atoms with E-state index in [9.17, 15) is 0 Å². The summed E-state index contributed by atoms with van der Waals surface area (Å²) in [6.07, 6.45) is 3.04. The van der Waals surface area contributed by atoms with Gasteiger partial charge in [-0.05, 0) is 24.8 Å². The molecule has 0 radical (unpaired) electrons. The first-order chi connectivity index (χ1) is 6.83. The average molecular weight is 193 g/mol. The standard InChI is InChI=1S/C12H19NO/c1-14-9-5-8-12(13)10-11-6-3-2-4-7-11/h2-4,6-7,12H,5,8-10,13H2,1H3/t12-/m0/s1. The minimum atomic E-state index is 0.257. The third-order valence-corrected chi connectivity index (χ3v) is 2.26. The lowest BCUT2D eigenvalue weighted by Crippen LogP contribution is -2.23. The van der Waals surface area contributed by atoms with Crippen molar-refractivity contribution in [3.63, 3.8) is 0 Å². The maximum Gasteiger partial charge on any atom is 0.0462 e. The maximum absolute atomic E-state index is 5.99. The molecule has 0 aliphatic rings. The SMILES string of the molecule is COCCC[C@H](N)Cc1ccccc1. The third kappa shape index (κ3) is 4.40. The van der Waals surface area contributed by atoms with E-state index in [-0.39, 0.29) is 6.04 Å². The van der Waals surface area contributed by atoms with Crippen LogP contribution in [0.3, 0.4) is 0 Å². The van der Waals surface area contributed by atoms with Crippen LogP contribution >= 0.6 is 0 Å². The van der Waals surface area contributed by atoms with Crippen LogP contribution in [-0.4, -0.2) is 19.8 Å². The van der Waals surface area contributed by atoms with Crippen LogP contribution in [0.2, 0.25) is 0 Å². The molecule has 78 valence electrons. The molecular weight excluding hydrogens is 174 g/mol. The number of nitrogens with two attached hydrogens (primary N) is 1. The Morgan fingerprint density at radius 2 is 2.00 bits per heavy atom. The predicted molar refractivity (Wildman–Crippen MR) is 59.2 cm³/mol. The zero-order valence-electron chi connectivity index (χ0n) is 8.78. The van der Waals surface area contributed by atoms with Crippen molar-refractivity contribution >= 4 is 0 Å². The monoisotopic (exact) mass is 193 g/mol. The van der Waals surface area contributed by atoms with Gasteiger partial charge in [-0.15, -0.1) is 0 Å². The summed E-state index contributed by atoms with van der Waals surface area (Å²) in [7, 11) is 1.72. The molecule has 0 aromatic heterocycles.